The van der Waals surface area contributed by atoms with Crippen LogP contribution >= 0.6 is 11.6 Å². The van der Waals surface area contributed by atoms with Gasteiger partial charge in [0.15, 0.2) is 0 Å². The number of benzene rings is 2. The first-order chi connectivity index (χ1) is 15.7. The molecule has 0 saturated heterocycles. The summed E-state index contributed by atoms with van der Waals surface area (Å²) in [4.78, 5) is 20.6. The summed E-state index contributed by atoms with van der Waals surface area (Å²) in [5, 5.41) is 5.63. The quantitative estimate of drug-likeness (QED) is 0.294. The van der Waals surface area contributed by atoms with Crippen molar-refractivity contribution in [1.29, 1.82) is 0 Å². The van der Waals surface area contributed by atoms with E-state index in [4.69, 9.17) is 16.3 Å². The van der Waals surface area contributed by atoms with Crippen molar-refractivity contribution in [3.63, 3.8) is 0 Å². The minimum atomic E-state index is -4.52. The third-order valence-corrected chi connectivity index (χ3v) is 4.60. The highest BCUT2D eigenvalue weighted by molar-refractivity contribution is 6.30. The number of rotatable bonds is 5. The van der Waals surface area contributed by atoms with E-state index in [-0.39, 0.29) is 28.9 Å². The van der Waals surface area contributed by atoms with Crippen LogP contribution < -0.4 is 15.4 Å². The van der Waals surface area contributed by atoms with Gasteiger partial charge in [0.05, 0.1) is 17.7 Å². The second-order valence-electron chi connectivity index (χ2n) is 6.63. The second kappa shape index (κ2) is 10.3. The van der Waals surface area contributed by atoms with Crippen molar-refractivity contribution < 1.29 is 27.1 Å². The molecular formula is C22H17ClF4N4O2. The number of aliphatic imine (C=N–C) groups is 1. The van der Waals surface area contributed by atoms with Crippen LogP contribution in [0.1, 0.15) is 21.5 Å². The average molecular weight is 481 g/mol. The van der Waals surface area contributed by atoms with Gasteiger partial charge < -0.3 is 15.4 Å². The molecule has 0 unspecified atom stereocenters. The largest absolute Gasteiger partial charge is 0.481 e. The lowest BCUT2D eigenvalue weighted by molar-refractivity contribution is -0.137. The number of alkyl halides is 3. The van der Waals surface area contributed by atoms with E-state index in [1.807, 2.05) is 0 Å². The van der Waals surface area contributed by atoms with Crippen molar-refractivity contribution in [2.75, 3.05) is 12.4 Å². The van der Waals surface area contributed by atoms with E-state index in [0.717, 1.165) is 24.3 Å². The highest BCUT2D eigenvalue weighted by Gasteiger charge is 2.30. The van der Waals surface area contributed by atoms with Gasteiger partial charge in [0.2, 0.25) is 11.8 Å². The Morgan fingerprint density at radius 3 is 2.48 bits per heavy atom. The van der Waals surface area contributed by atoms with Crippen molar-refractivity contribution in [3.05, 3.63) is 88.2 Å². The molecule has 0 aliphatic heterocycles. The molecule has 1 amide bonds. The van der Waals surface area contributed by atoms with Gasteiger partial charge in [-0.15, -0.1) is 0 Å². The molecule has 2 N–H and O–H groups in total. The van der Waals surface area contributed by atoms with Gasteiger partial charge in [-0.05, 0) is 48.0 Å². The molecule has 2 aromatic carbocycles. The molecule has 172 valence electrons. The molecule has 11 heteroatoms. The Balaban J connectivity index is 1.84. The molecule has 0 fully saturated rings. The number of carbonyl (C=O) groups excluding carboxylic acids is 1. The van der Waals surface area contributed by atoms with Crippen LogP contribution in [-0.2, 0) is 12.7 Å². The van der Waals surface area contributed by atoms with Gasteiger partial charge >= 0.3 is 6.18 Å². The molecule has 0 saturated carbocycles. The first kappa shape index (κ1) is 24.0. The molecule has 0 spiro atoms. The van der Waals surface area contributed by atoms with E-state index in [9.17, 15) is 22.4 Å². The highest BCUT2D eigenvalue weighted by Crippen LogP contribution is 2.29. The fraction of sp³-hybridized carbons (Fsp3) is 0.136. The summed E-state index contributed by atoms with van der Waals surface area (Å²) >= 11 is 5.69. The summed E-state index contributed by atoms with van der Waals surface area (Å²) in [6.07, 6.45) is -4.52. The Hall–Kier alpha value is -3.66. The SMILES string of the molecule is COc1cccc(N/C(=N\C(=O)c2ccc(C(F)(F)F)cc2)NCc2ccc(Cl)c(F)c2)n1. The van der Waals surface area contributed by atoms with E-state index < -0.39 is 23.5 Å². The number of aromatic nitrogens is 1. The van der Waals surface area contributed by atoms with E-state index in [1.54, 1.807) is 24.3 Å². The van der Waals surface area contributed by atoms with Gasteiger partial charge in [0, 0.05) is 18.2 Å². The van der Waals surface area contributed by atoms with E-state index in [2.05, 4.69) is 20.6 Å². The zero-order valence-corrected chi connectivity index (χ0v) is 17.8. The number of hydrogen-bond donors (Lipinski definition) is 2. The van der Waals surface area contributed by atoms with Gasteiger partial charge in [-0.3, -0.25) is 4.79 Å². The number of nitrogens with zero attached hydrogens (tertiary/aromatic N) is 2. The Kier molecular flexibility index (Phi) is 7.49. The molecule has 1 heterocycles. The average Bonchev–Trinajstić information content (AvgIpc) is 2.79. The Labute approximate surface area is 191 Å². The lowest BCUT2D eigenvalue weighted by atomic mass is 10.1. The van der Waals surface area contributed by atoms with Gasteiger partial charge in [-0.25, -0.2) is 4.39 Å². The maximum atomic E-state index is 13.7. The number of guanidine groups is 1. The molecule has 0 bridgehead atoms. The molecule has 0 atom stereocenters. The lowest BCUT2D eigenvalue weighted by Gasteiger charge is -2.13. The van der Waals surface area contributed by atoms with Crippen LogP contribution in [-0.4, -0.2) is 24.0 Å². The number of anilines is 1. The smallest absolute Gasteiger partial charge is 0.416 e. The number of carbonyl (C=O) groups is 1. The second-order valence-corrected chi connectivity index (χ2v) is 7.04. The molecule has 0 radical (unpaired) electrons. The maximum Gasteiger partial charge on any atom is 0.416 e. The number of methoxy groups -OCH3 is 1. The third kappa shape index (κ3) is 6.66. The topological polar surface area (TPSA) is 75.6 Å². The summed E-state index contributed by atoms with van der Waals surface area (Å²) in [5.41, 5.74) is -0.433. The zero-order valence-electron chi connectivity index (χ0n) is 17.1. The fourth-order valence-electron chi connectivity index (χ4n) is 2.63. The minimum Gasteiger partial charge on any atom is -0.481 e. The number of nitrogens with one attached hydrogen (secondary N) is 2. The summed E-state index contributed by atoms with van der Waals surface area (Å²) in [7, 11) is 1.43. The number of hydrogen-bond acceptors (Lipinski definition) is 3. The summed E-state index contributed by atoms with van der Waals surface area (Å²) < 4.78 is 57.1. The Bertz CT molecular complexity index is 1170. The number of halogens is 5. The van der Waals surface area contributed by atoms with Crippen LogP contribution in [0.4, 0.5) is 23.4 Å². The molecule has 6 nitrogen and oxygen atoms in total. The molecule has 33 heavy (non-hydrogen) atoms. The zero-order chi connectivity index (χ0) is 24.0. The molecule has 1 aromatic heterocycles. The van der Waals surface area contributed by atoms with Gasteiger partial charge in [0.25, 0.3) is 5.91 Å². The summed E-state index contributed by atoms with van der Waals surface area (Å²) in [6.45, 7) is 0.0597. The van der Waals surface area contributed by atoms with Crippen LogP contribution in [0.2, 0.25) is 5.02 Å². The van der Waals surface area contributed by atoms with Crippen molar-refractivity contribution in [2.45, 2.75) is 12.7 Å². The number of amides is 1. The van der Waals surface area contributed by atoms with Crippen LogP contribution in [0.25, 0.3) is 0 Å². The minimum absolute atomic E-state index is 0.0381. The highest BCUT2D eigenvalue weighted by atomic mass is 35.5. The predicted octanol–water partition coefficient (Wildman–Crippen LogP) is 5.30. The van der Waals surface area contributed by atoms with Gasteiger partial charge in [-0.2, -0.15) is 23.1 Å². The van der Waals surface area contributed by atoms with Crippen LogP contribution in [0.15, 0.2) is 65.7 Å². The van der Waals surface area contributed by atoms with Crippen molar-refractivity contribution in [3.8, 4) is 5.88 Å². The molecule has 0 aliphatic rings. The van der Waals surface area contributed by atoms with Crippen molar-refractivity contribution in [2.24, 2.45) is 4.99 Å². The molecule has 3 rings (SSSR count). The number of ether oxygens (including phenoxy) is 1. The predicted molar refractivity (Wildman–Crippen MR) is 116 cm³/mol. The third-order valence-electron chi connectivity index (χ3n) is 4.30. The van der Waals surface area contributed by atoms with E-state index in [1.165, 1.54) is 19.2 Å². The fourth-order valence-corrected chi connectivity index (χ4v) is 2.75. The van der Waals surface area contributed by atoms with Crippen LogP contribution in [0.3, 0.4) is 0 Å². The van der Waals surface area contributed by atoms with Gasteiger partial charge in [-0.1, -0.05) is 23.7 Å². The molecular weight excluding hydrogens is 464 g/mol. The molecule has 0 aliphatic carbocycles. The van der Waals surface area contributed by atoms with Crippen LogP contribution in [0.5, 0.6) is 5.88 Å². The van der Waals surface area contributed by atoms with Gasteiger partial charge in [0.1, 0.15) is 11.6 Å². The maximum absolute atomic E-state index is 13.7. The summed E-state index contributed by atoms with van der Waals surface area (Å²) in [5.74, 6) is -0.895. The van der Waals surface area contributed by atoms with Crippen molar-refractivity contribution >= 4 is 29.3 Å². The van der Waals surface area contributed by atoms with E-state index in [0.29, 0.717) is 11.4 Å². The molecule has 3 aromatic rings. The Morgan fingerprint density at radius 2 is 1.85 bits per heavy atom. The first-order valence-corrected chi connectivity index (χ1v) is 9.79. The van der Waals surface area contributed by atoms with E-state index >= 15 is 0 Å². The van der Waals surface area contributed by atoms with Crippen LogP contribution in [0, 0.1) is 5.82 Å². The Morgan fingerprint density at radius 1 is 1.12 bits per heavy atom. The van der Waals surface area contributed by atoms with Crippen molar-refractivity contribution in [1.82, 2.24) is 10.3 Å². The lowest BCUT2D eigenvalue weighted by Crippen LogP contribution is -2.31. The first-order valence-electron chi connectivity index (χ1n) is 9.42. The monoisotopic (exact) mass is 480 g/mol. The number of pyridine rings is 1. The normalized spacial score (nSPS) is 11.8. The summed E-state index contributed by atoms with van der Waals surface area (Å²) in [6, 6.07) is 12.7. The standard InChI is InChI=1S/C22H17ClF4N4O2/c1-33-19-4-2-3-18(29-19)30-21(28-12-13-5-10-16(23)17(24)11-13)31-20(32)14-6-8-15(9-7-14)22(25,26)27/h2-11H,12H2,1H3,(H2,28,29,30,31,32).